The molecule has 13 nitrogen and oxygen atoms in total. The quantitative estimate of drug-likeness (QED) is 0.0465. The van der Waals surface area contributed by atoms with E-state index in [0.29, 0.717) is 30.7 Å². The van der Waals surface area contributed by atoms with E-state index in [4.69, 9.17) is 15.9 Å². The fraction of sp³-hybridized carbons (Fsp3) is 0.211. The normalized spacial score (nSPS) is 10.7. The van der Waals surface area contributed by atoms with Crippen molar-refractivity contribution in [1.29, 1.82) is 0 Å². The van der Waals surface area contributed by atoms with Gasteiger partial charge >= 0.3 is 17.9 Å². The Labute approximate surface area is 289 Å². The molecule has 0 atom stereocenters. The molecule has 0 unspecified atom stereocenters. The highest BCUT2D eigenvalue weighted by Crippen LogP contribution is 2.18. The van der Waals surface area contributed by atoms with E-state index in [1.165, 1.54) is 54.8 Å². The number of thioether (sulfide) groups is 3. The molecule has 0 aliphatic heterocycles. The van der Waals surface area contributed by atoms with E-state index < -0.39 is 17.9 Å². The third kappa shape index (κ3) is 17.2. The summed E-state index contributed by atoms with van der Waals surface area (Å²) in [4.78, 5) is 57.2. The van der Waals surface area contributed by atoms with Crippen LogP contribution in [0.5, 0.6) is 0 Å². The molecular formula is C19H19Br4IN6O7S3. The summed E-state index contributed by atoms with van der Waals surface area (Å²) in [6.45, 7) is 0. The SMILES string of the molecule is COC(=O)c1nc(SC)ncc1Br.CSC(N)=NI.CSc1ncc(Br)c(C(=O)O)n1.O=C/C(Br)=C(\Br)C(=O)O. The molecule has 40 heavy (non-hydrogen) atoms. The van der Waals surface area contributed by atoms with Crippen molar-refractivity contribution in [2.24, 2.45) is 8.94 Å². The molecule has 21 heteroatoms. The lowest BCUT2D eigenvalue weighted by atomic mass is 10.4. The number of carboxylic acid groups (broad SMARTS) is 2. The molecule has 0 amide bonds. The van der Waals surface area contributed by atoms with Crippen LogP contribution in [0.1, 0.15) is 21.0 Å². The van der Waals surface area contributed by atoms with Gasteiger partial charge in [0.05, 0.1) is 43.4 Å². The number of carboxylic acids is 2. The van der Waals surface area contributed by atoms with Crippen molar-refractivity contribution < 1.29 is 34.1 Å². The molecule has 0 aliphatic rings. The number of esters is 1. The highest BCUT2D eigenvalue weighted by atomic mass is 127. The van der Waals surface area contributed by atoms with Crippen molar-refractivity contribution in [3.63, 3.8) is 0 Å². The Hall–Kier alpha value is -0.850. The van der Waals surface area contributed by atoms with E-state index in [1.807, 2.05) is 35.4 Å². The molecule has 2 heterocycles. The van der Waals surface area contributed by atoms with Crippen LogP contribution in [0.3, 0.4) is 0 Å². The number of aromatic nitrogens is 4. The van der Waals surface area contributed by atoms with Crippen LogP contribution in [0.2, 0.25) is 0 Å². The van der Waals surface area contributed by atoms with Crippen molar-refractivity contribution in [1.82, 2.24) is 19.9 Å². The highest BCUT2D eigenvalue weighted by molar-refractivity contribution is 14.1. The number of carbonyl (C=O) groups is 4. The first-order valence-electron chi connectivity index (χ1n) is 9.41. The van der Waals surface area contributed by atoms with E-state index in [-0.39, 0.29) is 20.4 Å². The van der Waals surface area contributed by atoms with Gasteiger partial charge in [0.1, 0.15) is 4.48 Å². The number of hydrogen-bond acceptors (Lipinski definition) is 13. The van der Waals surface area contributed by atoms with Crippen molar-refractivity contribution in [3.8, 4) is 0 Å². The van der Waals surface area contributed by atoms with Crippen LogP contribution in [0, 0.1) is 0 Å². The van der Waals surface area contributed by atoms with Gasteiger partial charge in [-0.15, -0.1) is 0 Å². The third-order valence-electron chi connectivity index (χ3n) is 3.18. The van der Waals surface area contributed by atoms with Gasteiger partial charge in [-0.05, 0) is 82.5 Å². The van der Waals surface area contributed by atoms with Gasteiger partial charge in [0.2, 0.25) is 0 Å². The lowest BCUT2D eigenvalue weighted by Gasteiger charge is -2.01. The molecule has 2 aromatic heterocycles. The second-order valence-electron chi connectivity index (χ2n) is 5.62. The van der Waals surface area contributed by atoms with E-state index in [2.05, 4.69) is 91.6 Å². The largest absolute Gasteiger partial charge is 0.477 e. The summed E-state index contributed by atoms with van der Waals surface area (Å²) in [6, 6.07) is 0. The Morgan fingerprint density at radius 1 is 1.00 bits per heavy atom. The minimum atomic E-state index is -1.17. The fourth-order valence-corrected chi connectivity index (χ4v) is 3.79. The van der Waals surface area contributed by atoms with Crippen LogP contribution in [-0.2, 0) is 14.3 Å². The van der Waals surface area contributed by atoms with Gasteiger partial charge < -0.3 is 20.7 Å². The lowest BCUT2D eigenvalue weighted by molar-refractivity contribution is -0.131. The van der Waals surface area contributed by atoms with Crippen LogP contribution < -0.4 is 5.73 Å². The maximum Gasteiger partial charge on any atom is 0.358 e. The predicted molar refractivity (Wildman–Crippen MR) is 179 cm³/mol. The first-order chi connectivity index (χ1) is 18.7. The number of ether oxygens (including phenoxy) is 1. The fourth-order valence-electron chi connectivity index (χ4n) is 1.48. The summed E-state index contributed by atoms with van der Waals surface area (Å²) < 4.78 is 8.94. The van der Waals surface area contributed by atoms with Crippen LogP contribution in [-0.4, -0.2) is 85.4 Å². The van der Waals surface area contributed by atoms with Gasteiger partial charge in [0, 0.05) is 12.4 Å². The minimum Gasteiger partial charge on any atom is -0.477 e. The molecule has 0 aromatic carbocycles. The molecule has 220 valence electrons. The Morgan fingerprint density at radius 3 is 1.73 bits per heavy atom. The summed E-state index contributed by atoms with van der Waals surface area (Å²) in [7, 11) is 1.32. The van der Waals surface area contributed by atoms with E-state index in [9.17, 15) is 19.2 Å². The molecule has 4 N–H and O–H groups in total. The first kappa shape index (κ1) is 41.3. The number of aldehydes is 1. The van der Waals surface area contributed by atoms with Crippen LogP contribution in [0.25, 0.3) is 0 Å². The number of aliphatic carboxylic acids is 1. The van der Waals surface area contributed by atoms with Gasteiger partial charge in [-0.1, -0.05) is 35.3 Å². The standard InChI is InChI=1S/C7H7BrN2O2S.C6H5BrN2O2S.C4H2Br2O3.C2H5IN2S/c1-12-6(11)5-4(8)3-9-7(10-5)13-2;1-12-6-8-2-3(7)4(9-6)5(10)11;5-2(1-7)3(6)4(8)9;1-6-2(4)5-3/h3H,1-2H3;2H,1H3,(H,10,11);1H,(H,8,9);1H3,(H2,4,5)/b;;3-2+;. The Morgan fingerprint density at radius 2 is 1.45 bits per heavy atom. The zero-order chi connectivity index (χ0) is 31.4. The maximum absolute atomic E-state index is 11.2. The first-order valence-corrected chi connectivity index (χ1v) is 17.2. The van der Waals surface area contributed by atoms with E-state index >= 15 is 0 Å². The number of nitrogens with two attached hydrogens (primary N) is 1. The summed E-state index contributed by atoms with van der Waals surface area (Å²) in [5.74, 6) is -2.70. The number of carbonyl (C=O) groups excluding carboxylic acids is 2. The topological polar surface area (TPSA) is 208 Å². The average molecular weight is 986 g/mol. The molecule has 0 spiro atoms. The molecule has 0 fully saturated rings. The summed E-state index contributed by atoms with van der Waals surface area (Å²) in [5, 5.41) is 18.5. The zero-order valence-corrected chi connectivity index (χ0v) is 31.5. The minimum absolute atomic E-state index is 0.00463. The molecule has 0 radical (unpaired) electrons. The number of halogens is 5. The number of amidine groups is 1. The summed E-state index contributed by atoms with van der Waals surface area (Å²) in [5.41, 5.74) is 5.42. The van der Waals surface area contributed by atoms with Crippen LogP contribution in [0.15, 0.2) is 43.8 Å². The van der Waals surface area contributed by atoms with Crippen LogP contribution >= 0.6 is 122 Å². The van der Waals surface area contributed by atoms with Gasteiger partial charge in [-0.3, -0.25) is 4.79 Å². The number of nitrogens with zero attached hydrogens (tertiary/aromatic N) is 5. The second kappa shape index (κ2) is 23.7. The van der Waals surface area contributed by atoms with Gasteiger partial charge in [0.15, 0.2) is 33.2 Å². The van der Waals surface area contributed by atoms with Gasteiger partial charge in [-0.25, -0.2) is 34.3 Å². The maximum atomic E-state index is 11.2. The number of aromatic carboxylic acids is 1. The van der Waals surface area contributed by atoms with Gasteiger partial charge in [0.25, 0.3) is 0 Å². The van der Waals surface area contributed by atoms with Crippen molar-refractivity contribution in [3.05, 3.63) is 41.7 Å². The Balaban J connectivity index is 0. The zero-order valence-electron chi connectivity index (χ0n) is 20.6. The van der Waals surface area contributed by atoms with E-state index in [0.717, 1.165) is 0 Å². The van der Waals surface area contributed by atoms with Gasteiger partial charge in [-0.2, -0.15) is 3.21 Å². The van der Waals surface area contributed by atoms with Crippen molar-refractivity contribution in [2.75, 3.05) is 25.9 Å². The molecular weight excluding hydrogens is 967 g/mol. The highest BCUT2D eigenvalue weighted by Gasteiger charge is 2.13. The molecule has 0 bridgehead atoms. The van der Waals surface area contributed by atoms with E-state index in [1.54, 1.807) is 6.26 Å². The molecule has 0 aliphatic carbocycles. The third-order valence-corrected chi connectivity index (χ3v) is 8.71. The summed E-state index contributed by atoms with van der Waals surface area (Å²) in [6.07, 6.45) is 8.88. The smallest absolute Gasteiger partial charge is 0.358 e. The van der Waals surface area contributed by atoms with Crippen LogP contribution in [0.4, 0.5) is 0 Å². The van der Waals surface area contributed by atoms with Crippen molar-refractivity contribution in [2.45, 2.75) is 10.3 Å². The molecule has 0 saturated heterocycles. The molecule has 2 aromatic rings. The number of allylic oxidation sites excluding steroid dienone is 1. The number of methoxy groups -OCH3 is 1. The summed E-state index contributed by atoms with van der Waals surface area (Å²) >= 11 is 17.6. The number of hydrogen-bond donors (Lipinski definition) is 3. The molecule has 0 saturated carbocycles. The monoisotopic (exact) mass is 982 g/mol. The predicted octanol–water partition coefficient (Wildman–Crippen LogP) is 5.69. The molecule has 2 rings (SSSR count). The Kier molecular flexibility index (Phi) is 24.4. The van der Waals surface area contributed by atoms with Crippen molar-refractivity contribution >= 4 is 151 Å². The Bertz CT molecular complexity index is 1240. The second-order valence-corrected chi connectivity index (χ2v) is 11.8. The number of rotatable bonds is 6. The average Bonchev–Trinajstić information content (AvgIpc) is 2.96. The lowest BCUT2D eigenvalue weighted by Crippen LogP contribution is -2.06.